The molecular weight excluding hydrogens is 322 g/mol. The third-order valence-electron chi connectivity index (χ3n) is 3.76. The van der Waals surface area contributed by atoms with Gasteiger partial charge in [-0.05, 0) is 32.9 Å². The minimum Gasteiger partial charge on any atom is -0.444 e. The van der Waals surface area contributed by atoms with E-state index in [4.69, 9.17) is 4.74 Å². The van der Waals surface area contributed by atoms with Gasteiger partial charge in [0, 0.05) is 12.6 Å². The van der Waals surface area contributed by atoms with Gasteiger partial charge in [0.25, 0.3) is 5.91 Å². The van der Waals surface area contributed by atoms with Crippen molar-refractivity contribution in [3.63, 3.8) is 0 Å². The Morgan fingerprint density at radius 1 is 1.20 bits per heavy atom. The number of carbonyl (C=O) groups excluding carboxylic acids is 2. The molecule has 0 unspecified atom stereocenters. The van der Waals surface area contributed by atoms with Crippen molar-refractivity contribution in [3.05, 3.63) is 41.5 Å². The summed E-state index contributed by atoms with van der Waals surface area (Å²) in [6.45, 7) is 6.41. The van der Waals surface area contributed by atoms with E-state index in [0.29, 0.717) is 18.8 Å². The van der Waals surface area contributed by atoms with Crippen molar-refractivity contribution in [2.45, 2.75) is 39.5 Å². The van der Waals surface area contributed by atoms with E-state index in [9.17, 15) is 9.59 Å². The Morgan fingerprint density at radius 2 is 1.96 bits per heavy atom. The smallest absolute Gasteiger partial charge is 0.410 e. The van der Waals surface area contributed by atoms with Gasteiger partial charge >= 0.3 is 6.09 Å². The fraction of sp³-hybridized carbons (Fsp3) is 0.412. The van der Waals surface area contributed by atoms with Crippen LogP contribution in [0.2, 0.25) is 0 Å². The largest absolute Gasteiger partial charge is 0.444 e. The van der Waals surface area contributed by atoms with Gasteiger partial charge in [0.1, 0.15) is 11.3 Å². The molecule has 3 heterocycles. The molecule has 0 fully saturated rings. The number of pyridine rings is 1. The average Bonchev–Trinajstić information content (AvgIpc) is 3.13. The van der Waals surface area contributed by atoms with E-state index >= 15 is 0 Å². The predicted molar refractivity (Wildman–Crippen MR) is 90.2 cm³/mol. The van der Waals surface area contributed by atoms with Crippen LogP contribution in [-0.4, -0.2) is 44.3 Å². The lowest BCUT2D eigenvalue weighted by Gasteiger charge is -2.24. The fourth-order valence-corrected chi connectivity index (χ4v) is 2.60. The highest BCUT2D eigenvalue weighted by Crippen LogP contribution is 2.26. The van der Waals surface area contributed by atoms with E-state index in [1.807, 2.05) is 20.8 Å². The lowest BCUT2D eigenvalue weighted by molar-refractivity contribution is 0.0239. The van der Waals surface area contributed by atoms with Crippen LogP contribution in [0.5, 0.6) is 0 Å². The first kappa shape index (κ1) is 16.9. The minimum atomic E-state index is -0.530. The van der Waals surface area contributed by atoms with Gasteiger partial charge in [-0.25, -0.2) is 14.5 Å². The van der Waals surface area contributed by atoms with Crippen LogP contribution >= 0.6 is 0 Å². The number of nitrogens with one attached hydrogen (secondary N) is 1. The Bertz CT molecular complexity index is 805. The highest BCUT2D eigenvalue weighted by Gasteiger charge is 2.30. The summed E-state index contributed by atoms with van der Waals surface area (Å²) >= 11 is 0. The molecule has 8 nitrogen and oxygen atoms in total. The number of fused-ring (bicyclic) bond motifs is 1. The summed E-state index contributed by atoms with van der Waals surface area (Å²) in [5, 5.41) is 6.90. The van der Waals surface area contributed by atoms with Crippen molar-refractivity contribution >= 4 is 12.0 Å². The van der Waals surface area contributed by atoms with Gasteiger partial charge in [-0.3, -0.25) is 9.69 Å². The lowest BCUT2D eigenvalue weighted by atomic mass is 10.2. The number of aromatic nitrogens is 3. The van der Waals surface area contributed by atoms with Crippen LogP contribution in [0.4, 0.5) is 4.79 Å². The molecule has 1 aliphatic rings. The molecule has 0 bridgehead atoms. The second-order valence-electron chi connectivity index (χ2n) is 6.85. The zero-order chi connectivity index (χ0) is 18.2. The molecule has 2 aromatic heterocycles. The first-order valence-corrected chi connectivity index (χ1v) is 8.00. The monoisotopic (exact) mass is 343 g/mol. The van der Waals surface area contributed by atoms with Crippen LogP contribution in [0, 0.1) is 0 Å². The van der Waals surface area contributed by atoms with E-state index in [-0.39, 0.29) is 12.0 Å². The highest BCUT2D eigenvalue weighted by atomic mass is 16.6. The summed E-state index contributed by atoms with van der Waals surface area (Å²) in [5.74, 6) is -0.242. The number of ether oxygens (including phenoxy) is 1. The normalized spacial score (nSPS) is 13.5. The maximum absolute atomic E-state index is 12.2. The SMILES string of the molecule is CNC(=O)c1ccc(-n2ncc3c2CN(C(=O)OC(C)(C)C)C3)cn1. The number of rotatable bonds is 2. The van der Waals surface area contributed by atoms with Gasteiger partial charge in [0.15, 0.2) is 0 Å². The second-order valence-corrected chi connectivity index (χ2v) is 6.85. The van der Waals surface area contributed by atoms with Gasteiger partial charge < -0.3 is 10.1 Å². The Kier molecular flexibility index (Phi) is 4.20. The third kappa shape index (κ3) is 3.47. The summed E-state index contributed by atoms with van der Waals surface area (Å²) < 4.78 is 7.16. The quantitative estimate of drug-likeness (QED) is 0.899. The molecule has 132 valence electrons. The summed E-state index contributed by atoms with van der Waals surface area (Å²) in [6, 6.07) is 3.42. The number of amides is 2. The van der Waals surface area contributed by atoms with E-state index < -0.39 is 5.60 Å². The zero-order valence-electron chi connectivity index (χ0n) is 14.7. The standard InChI is InChI=1S/C17H21N5O3/c1-17(2,3)25-16(24)21-9-11-7-20-22(14(11)10-21)12-5-6-13(19-8-12)15(23)18-4/h5-8H,9-10H2,1-4H3,(H,18,23). The van der Waals surface area contributed by atoms with Crippen molar-refractivity contribution in [2.75, 3.05) is 7.05 Å². The number of hydrogen-bond acceptors (Lipinski definition) is 5. The van der Waals surface area contributed by atoms with E-state index in [1.54, 1.807) is 41.2 Å². The first-order chi connectivity index (χ1) is 11.8. The molecule has 2 aromatic rings. The summed E-state index contributed by atoms with van der Waals surface area (Å²) in [5.41, 5.74) is 2.43. The summed E-state index contributed by atoms with van der Waals surface area (Å²) in [6.07, 6.45) is 2.99. The molecule has 2 amide bonds. The Morgan fingerprint density at radius 3 is 2.56 bits per heavy atom. The third-order valence-corrected chi connectivity index (χ3v) is 3.76. The summed E-state index contributed by atoms with van der Waals surface area (Å²) in [4.78, 5) is 29.6. The van der Waals surface area contributed by atoms with Gasteiger partial charge in [-0.15, -0.1) is 0 Å². The number of nitrogens with zero attached hydrogens (tertiary/aromatic N) is 4. The Labute approximate surface area is 145 Å². The molecular formula is C17H21N5O3. The maximum atomic E-state index is 12.2. The Balaban J connectivity index is 1.79. The van der Waals surface area contributed by atoms with Crippen molar-refractivity contribution in [1.29, 1.82) is 0 Å². The van der Waals surface area contributed by atoms with Crippen LogP contribution in [0.15, 0.2) is 24.5 Å². The number of hydrogen-bond donors (Lipinski definition) is 1. The minimum absolute atomic E-state index is 0.242. The molecule has 0 saturated heterocycles. The van der Waals surface area contributed by atoms with Crippen molar-refractivity contribution in [3.8, 4) is 5.69 Å². The van der Waals surface area contributed by atoms with Gasteiger partial charge in [0.05, 0.1) is 36.9 Å². The van der Waals surface area contributed by atoms with Crippen molar-refractivity contribution < 1.29 is 14.3 Å². The van der Waals surface area contributed by atoms with Crippen LogP contribution in [0.1, 0.15) is 42.5 Å². The van der Waals surface area contributed by atoms with Crippen LogP contribution in [-0.2, 0) is 17.8 Å². The molecule has 3 rings (SSSR count). The van der Waals surface area contributed by atoms with Crippen LogP contribution < -0.4 is 5.32 Å². The second kappa shape index (κ2) is 6.19. The first-order valence-electron chi connectivity index (χ1n) is 8.00. The van der Waals surface area contributed by atoms with Gasteiger partial charge in [0.2, 0.25) is 0 Å². The van der Waals surface area contributed by atoms with Gasteiger partial charge in [-0.2, -0.15) is 5.10 Å². The molecule has 1 N–H and O–H groups in total. The fourth-order valence-electron chi connectivity index (χ4n) is 2.60. The van der Waals surface area contributed by atoms with Crippen LogP contribution in [0.25, 0.3) is 5.69 Å². The average molecular weight is 343 g/mol. The molecule has 0 aromatic carbocycles. The number of carbonyl (C=O) groups is 2. The van der Waals surface area contributed by atoms with Crippen LogP contribution in [0.3, 0.4) is 0 Å². The summed E-state index contributed by atoms with van der Waals surface area (Å²) in [7, 11) is 1.56. The Hall–Kier alpha value is -2.90. The van der Waals surface area contributed by atoms with Crippen molar-refractivity contribution in [2.24, 2.45) is 0 Å². The maximum Gasteiger partial charge on any atom is 0.410 e. The van der Waals surface area contributed by atoms with Gasteiger partial charge in [-0.1, -0.05) is 0 Å². The molecule has 8 heteroatoms. The topological polar surface area (TPSA) is 89.4 Å². The molecule has 0 saturated carbocycles. The predicted octanol–water partition coefficient (Wildman–Crippen LogP) is 1.88. The molecule has 0 spiro atoms. The van der Waals surface area contributed by atoms with E-state index in [1.165, 1.54) is 0 Å². The molecule has 1 aliphatic heterocycles. The van der Waals surface area contributed by atoms with E-state index in [2.05, 4.69) is 15.4 Å². The highest BCUT2D eigenvalue weighted by molar-refractivity contribution is 5.92. The molecule has 0 aliphatic carbocycles. The van der Waals surface area contributed by atoms with Crippen molar-refractivity contribution in [1.82, 2.24) is 25.0 Å². The molecule has 0 radical (unpaired) electrons. The van der Waals surface area contributed by atoms with E-state index in [0.717, 1.165) is 16.9 Å². The zero-order valence-corrected chi connectivity index (χ0v) is 14.7. The lowest BCUT2D eigenvalue weighted by Crippen LogP contribution is -2.33. The molecule has 25 heavy (non-hydrogen) atoms. The molecule has 0 atom stereocenters.